The van der Waals surface area contributed by atoms with Crippen LogP contribution < -0.4 is 10.2 Å². The predicted octanol–water partition coefficient (Wildman–Crippen LogP) is 2.34. The number of anilines is 2. The number of aryl methyl sites for hydroxylation is 1. The first-order valence-electron chi connectivity index (χ1n) is 8.02. The van der Waals surface area contributed by atoms with Crippen molar-refractivity contribution < 1.29 is 4.79 Å². The van der Waals surface area contributed by atoms with Crippen LogP contribution in [0.1, 0.15) is 26.7 Å². The van der Waals surface area contributed by atoms with Gasteiger partial charge in [-0.15, -0.1) is 11.3 Å². The van der Waals surface area contributed by atoms with Gasteiger partial charge in [-0.1, -0.05) is 0 Å². The van der Waals surface area contributed by atoms with E-state index in [1.165, 1.54) is 11.3 Å². The van der Waals surface area contributed by atoms with Crippen LogP contribution in [0.3, 0.4) is 0 Å². The zero-order valence-corrected chi connectivity index (χ0v) is 14.2. The van der Waals surface area contributed by atoms with Gasteiger partial charge < -0.3 is 5.32 Å². The van der Waals surface area contributed by atoms with E-state index in [1.807, 2.05) is 17.0 Å². The number of fused-ring (bicyclic) bond motifs is 1. The van der Waals surface area contributed by atoms with Crippen LogP contribution in [0.5, 0.6) is 0 Å². The molecule has 1 aliphatic rings. The summed E-state index contributed by atoms with van der Waals surface area (Å²) in [6, 6.07) is 5.54. The van der Waals surface area contributed by atoms with Gasteiger partial charge in [-0.25, -0.2) is 15.0 Å². The summed E-state index contributed by atoms with van der Waals surface area (Å²) in [4.78, 5) is 32.7. The third-order valence-electron chi connectivity index (χ3n) is 3.91. The summed E-state index contributed by atoms with van der Waals surface area (Å²) >= 11 is 1.44. The summed E-state index contributed by atoms with van der Waals surface area (Å²) in [5.41, 5.74) is 1.00. The molecule has 0 bridgehead atoms. The van der Waals surface area contributed by atoms with E-state index in [2.05, 4.69) is 25.3 Å². The Balaban J connectivity index is 1.53. The Hall–Kier alpha value is -2.87. The first-order chi connectivity index (χ1) is 12.3. The molecular formula is C17H16N6OS. The maximum atomic E-state index is 12.5. The maximum Gasteiger partial charge on any atom is 0.280 e. The smallest absolute Gasteiger partial charge is 0.280 e. The number of carbonyl (C=O) groups excluding carboxylic acids is 1. The van der Waals surface area contributed by atoms with E-state index in [4.69, 9.17) is 0 Å². The van der Waals surface area contributed by atoms with Crippen LogP contribution >= 0.6 is 11.3 Å². The molecule has 7 nitrogen and oxygen atoms in total. The lowest BCUT2D eigenvalue weighted by atomic mass is 10.2. The van der Waals surface area contributed by atoms with Gasteiger partial charge in [-0.3, -0.25) is 14.7 Å². The molecule has 0 aromatic carbocycles. The van der Waals surface area contributed by atoms with E-state index in [1.54, 1.807) is 30.9 Å². The van der Waals surface area contributed by atoms with Crippen molar-refractivity contribution in [3.05, 3.63) is 58.4 Å². The highest BCUT2D eigenvalue weighted by Gasteiger charge is 2.26. The van der Waals surface area contributed by atoms with E-state index in [9.17, 15) is 4.79 Å². The van der Waals surface area contributed by atoms with Gasteiger partial charge in [0.05, 0.1) is 0 Å². The first-order valence-corrected chi connectivity index (χ1v) is 8.84. The lowest BCUT2D eigenvalue weighted by molar-refractivity contribution is 0.0950. The molecule has 0 saturated heterocycles. The Labute approximate surface area is 148 Å². The third-order valence-corrected chi connectivity index (χ3v) is 5.01. The van der Waals surface area contributed by atoms with Crippen molar-refractivity contribution in [3.8, 4) is 0 Å². The molecule has 3 aromatic heterocycles. The van der Waals surface area contributed by atoms with E-state index >= 15 is 0 Å². The Bertz CT molecular complexity index is 867. The fourth-order valence-corrected chi connectivity index (χ4v) is 3.73. The predicted molar refractivity (Wildman–Crippen MR) is 94.9 cm³/mol. The van der Waals surface area contributed by atoms with E-state index in [0.29, 0.717) is 17.5 Å². The van der Waals surface area contributed by atoms with Crippen LogP contribution in [0.2, 0.25) is 0 Å². The number of nitrogens with one attached hydrogen (secondary N) is 1. The summed E-state index contributed by atoms with van der Waals surface area (Å²) < 4.78 is 0. The van der Waals surface area contributed by atoms with Gasteiger partial charge >= 0.3 is 0 Å². The van der Waals surface area contributed by atoms with Crippen LogP contribution in [0.15, 0.2) is 43.0 Å². The molecule has 0 radical (unpaired) electrons. The zero-order chi connectivity index (χ0) is 17.1. The molecule has 1 aliphatic heterocycles. The van der Waals surface area contributed by atoms with E-state index in [-0.39, 0.29) is 5.91 Å². The Morgan fingerprint density at radius 3 is 2.80 bits per heavy atom. The average molecular weight is 352 g/mol. The normalized spacial score (nSPS) is 13.4. The van der Waals surface area contributed by atoms with Crippen molar-refractivity contribution in [2.24, 2.45) is 0 Å². The molecular weight excluding hydrogens is 336 g/mol. The fraction of sp³-hybridized carbons (Fsp3) is 0.235. The quantitative estimate of drug-likeness (QED) is 0.776. The summed E-state index contributed by atoms with van der Waals surface area (Å²) in [7, 11) is 0. The fourth-order valence-electron chi connectivity index (χ4n) is 2.70. The van der Waals surface area contributed by atoms with Gasteiger partial charge in [0.15, 0.2) is 10.8 Å². The lowest BCUT2D eigenvalue weighted by Crippen LogP contribution is -2.26. The second kappa shape index (κ2) is 6.94. The van der Waals surface area contributed by atoms with E-state index < -0.39 is 0 Å². The standard InChI is InChI=1S/C17H16N6OS/c24-15(21-11-12-4-8-18-9-5-12)16-22-14-13(25-16)3-1-10-23(14)17-19-6-2-7-20-17/h2,4-9H,1,3,10-11H2,(H,21,24). The Morgan fingerprint density at radius 1 is 1.20 bits per heavy atom. The second-order valence-electron chi connectivity index (χ2n) is 5.61. The minimum Gasteiger partial charge on any atom is -0.346 e. The SMILES string of the molecule is O=C(NCc1ccncc1)c1nc2c(s1)CCCN2c1ncccn1. The highest BCUT2D eigenvalue weighted by atomic mass is 32.1. The van der Waals surface area contributed by atoms with Gasteiger partial charge in [0.1, 0.15) is 0 Å². The van der Waals surface area contributed by atoms with Crippen molar-refractivity contribution in [2.75, 3.05) is 11.4 Å². The molecule has 126 valence electrons. The van der Waals surface area contributed by atoms with Crippen molar-refractivity contribution in [1.29, 1.82) is 0 Å². The van der Waals surface area contributed by atoms with Gasteiger partial charge in [-0.2, -0.15) is 0 Å². The molecule has 0 aliphatic carbocycles. The first kappa shape index (κ1) is 15.6. The lowest BCUT2D eigenvalue weighted by Gasteiger charge is -2.25. The largest absolute Gasteiger partial charge is 0.346 e. The number of amides is 1. The number of pyridine rings is 1. The molecule has 0 saturated carbocycles. The summed E-state index contributed by atoms with van der Waals surface area (Å²) in [5.74, 6) is 1.26. The zero-order valence-electron chi connectivity index (χ0n) is 13.4. The molecule has 0 fully saturated rings. The van der Waals surface area contributed by atoms with E-state index in [0.717, 1.165) is 35.6 Å². The highest BCUT2D eigenvalue weighted by molar-refractivity contribution is 7.14. The van der Waals surface area contributed by atoms with Crippen LogP contribution in [-0.2, 0) is 13.0 Å². The number of rotatable bonds is 4. The van der Waals surface area contributed by atoms with Crippen LogP contribution in [0.4, 0.5) is 11.8 Å². The maximum absolute atomic E-state index is 12.5. The number of carbonyl (C=O) groups is 1. The molecule has 25 heavy (non-hydrogen) atoms. The molecule has 8 heteroatoms. The summed E-state index contributed by atoms with van der Waals surface area (Å²) in [6.45, 7) is 1.26. The number of nitrogens with zero attached hydrogens (tertiary/aromatic N) is 5. The molecule has 3 aromatic rings. The summed E-state index contributed by atoms with van der Waals surface area (Å²) in [5, 5.41) is 3.38. The minimum absolute atomic E-state index is 0.162. The van der Waals surface area contributed by atoms with Gasteiger partial charge in [0.2, 0.25) is 5.95 Å². The molecule has 0 unspecified atom stereocenters. The number of aromatic nitrogens is 4. The monoisotopic (exact) mass is 352 g/mol. The average Bonchev–Trinajstić information content (AvgIpc) is 3.12. The third kappa shape index (κ3) is 3.34. The van der Waals surface area contributed by atoms with Crippen molar-refractivity contribution in [1.82, 2.24) is 25.3 Å². The molecule has 1 amide bonds. The molecule has 0 spiro atoms. The Kier molecular flexibility index (Phi) is 4.34. The van der Waals surface area contributed by atoms with Crippen LogP contribution in [0, 0.1) is 0 Å². The highest BCUT2D eigenvalue weighted by Crippen LogP contribution is 2.34. The molecule has 4 heterocycles. The topological polar surface area (TPSA) is 83.9 Å². The second-order valence-corrected chi connectivity index (χ2v) is 6.69. The van der Waals surface area contributed by atoms with Crippen LogP contribution in [0.25, 0.3) is 0 Å². The number of hydrogen-bond acceptors (Lipinski definition) is 7. The molecule has 4 rings (SSSR count). The van der Waals surface area contributed by atoms with Gasteiger partial charge in [0, 0.05) is 42.8 Å². The molecule has 0 atom stereocenters. The van der Waals surface area contributed by atoms with Crippen molar-refractivity contribution in [3.63, 3.8) is 0 Å². The summed E-state index contributed by atoms with van der Waals surface area (Å²) in [6.07, 6.45) is 8.76. The number of thiazole rings is 1. The van der Waals surface area contributed by atoms with Gasteiger partial charge in [0.25, 0.3) is 5.91 Å². The molecule has 1 N–H and O–H groups in total. The van der Waals surface area contributed by atoms with Crippen molar-refractivity contribution >= 4 is 29.0 Å². The van der Waals surface area contributed by atoms with Crippen LogP contribution in [-0.4, -0.2) is 32.4 Å². The minimum atomic E-state index is -0.162. The van der Waals surface area contributed by atoms with Gasteiger partial charge in [-0.05, 0) is 36.6 Å². The Morgan fingerprint density at radius 2 is 2.00 bits per heavy atom. The number of hydrogen-bond donors (Lipinski definition) is 1. The van der Waals surface area contributed by atoms with Crippen molar-refractivity contribution in [2.45, 2.75) is 19.4 Å².